The number of aromatic nitrogens is 4. The molecule has 2 heterocycles. The Morgan fingerprint density at radius 2 is 2.21 bits per heavy atom. The van der Waals surface area contributed by atoms with E-state index in [0.29, 0.717) is 41.4 Å². The zero-order valence-electron chi connectivity index (χ0n) is 15.9. The van der Waals surface area contributed by atoms with Crippen molar-refractivity contribution in [2.45, 2.75) is 45.1 Å². The molecule has 0 aromatic carbocycles. The molecule has 10 heteroatoms. The number of hydrogen-bond acceptors (Lipinski definition) is 7. The number of carboxylic acid groups (broad SMARTS) is 1. The zero-order chi connectivity index (χ0) is 20.3. The third-order valence-corrected chi connectivity index (χ3v) is 4.97. The maximum Gasteiger partial charge on any atom is 0.306 e. The number of rotatable bonds is 6. The Kier molecular flexibility index (Phi) is 5.76. The van der Waals surface area contributed by atoms with Gasteiger partial charge in [0.2, 0.25) is 0 Å². The van der Waals surface area contributed by atoms with Gasteiger partial charge in [0.15, 0.2) is 0 Å². The van der Waals surface area contributed by atoms with Crippen molar-refractivity contribution in [3.63, 3.8) is 0 Å². The lowest BCUT2D eigenvalue weighted by Gasteiger charge is -2.27. The topological polar surface area (TPSA) is 149 Å². The lowest BCUT2D eigenvalue weighted by molar-refractivity contribution is -0.143. The molecule has 1 aliphatic rings. The number of carboxylic acids is 1. The van der Waals surface area contributed by atoms with Crippen LogP contribution in [0.1, 0.15) is 37.1 Å². The Bertz CT molecular complexity index is 894. The first kappa shape index (κ1) is 19.6. The first-order valence-electron chi connectivity index (χ1n) is 9.11. The third-order valence-electron chi connectivity index (χ3n) is 4.97. The number of amidine groups is 1. The van der Waals surface area contributed by atoms with Gasteiger partial charge in [-0.1, -0.05) is 10.4 Å². The summed E-state index contributed by atoms with van der Waals surface area (Å²) in [4.78, 5) is 15.8. The lowest BCUT2D eigenvalue weighted by Crippen LogP contribution is -2.29. The van der Waals surface area contributed by atoms with Crippen LogP contribution in [0.15, 0.2) is 17.3 Å². The van der Waals surface area contributed by atoms with E-state index in [1.165, 1.54) is 0 Å². The summed E-state index contributed by atoms with van der Waals surface area (Å²) in [5.74, 6) is -0.443. The van der Waals surface area contributed by atoms with Crippen LogP contribution in [0.5, 0.6) is 5.75 Å². The van der Waals surface area contributed by atoms with Crippen LogP contribution >= 0.6 is 0 Å². The number of aliphatic carboxylic acids is 1. The van der Waals surface area contributed by atoms with E-state index in [0.717, 1.165) is 12.8 Å². The van der Waals surface area contributed by atoms with Gasteiger partial charge in [-0.05, 0) is 44.7 Å². The minimum atomic E-state index is -0.764. The van der Waals surface area contributed by atoms with Crippen LogP contribution in [0.3, 0.4) is 0 Å². The van der Waals surface area contributed by atoms with Crippen molar-refractivity contribution < 1.29 is 19.8 Å². The van der Waals surface area contributed by atoms with Crippen molar-refractivity contribution >= 4 is 11.8 Å². The molecule has 0 amide bonds. The maximum atomic E-state index is 11.2. The Hall–Kier alpha value is -3.17. The molecule has 1 unspecified atom stereocenters. The highest BCUT2D eigenvalue weighted by atomic mass is 16.5. The highest BCUT2D eigenvalue weighted by molar-refractivity contribution is 5.83. The van der Waals surface area contributed by atoms with Crippen LogP contribution in [0.2, 0.25) is 0 Å². The molecular formula is C18H24N6O4. The maximum absolute atomic E-state index is 11.2. The van der Waals surface area contributed by atoms with Crippen molar-refractivity contribution in [2.75, 3.05) is 0 Å². The van der Waals surface area contributed by atoms with E-state index in [2.05, 4.69) is 20.5 Å². The van der Waals surface area contributed by atoms with E-state index < -0.39 is 5.97 Å². The van der Waals surface area contributed by atoms with E-state index in [4.69, 9.17) is 15.7 Å². The molecule has 3 rings (SSSR count). The highest BCUT2D eigenvalue weighted by Crippen LogP contribution is 2.30. The van der Waals surface area contributed by atoms with Gasteiger partial charge in [-0.2, -0.15) is 0 Å². The molecule has 0 radical (unpaired) electrons. The summed E-state index contributed by atoms with van der Waals surface area (Å²) >= 11 is 0. The van der Waals surface area contributed by atoms with Gasteiger partial charge in [0.1, 0.15) is 17.3 Å². The molecule has 0 aliphatic heterocycles. The van der Waals surface area contributed by atoms with Gasteiger partial charge in [-0.25, -0.2) is 4.98 Å². The molecule has 4 N–H and O–H groups in total. The molecule has 150 valence electrons. The van der Waals surface area contributed by atoms with E-state index in [1.54, 1.807) is 17.8 Å². The Morgan fingerprint density at radius 1 is 1.43 bits per heavy atom. The largest absolute Gasteiger partial charge is 0.489 e. The molecule has 1 fully saturated rings. The number of hydrogen-bond donors (Lipinski definition) is 3. The molecule has 0 saturated heterocycles. The first-order valence-corrected chi connectivity index (χ1v) is 9.11. The number of aryl methyl sites for hydroxylation is 2. The minimum absolute atomic E-state index is 0.0496. The van der Waals surface area contributed by atoms with Crippen molar-refractivity contribution in [1.82, 2.24) is 20.0 Å². The summed E-state index contributed by atoms with van der Waals surface area (Å²) in [5.41, 5.74) is 8.12. The van der Waals surface area contributed by atoms with E-state index in [1.807, 2.05) is 13.0 Å². The van der Waals surface area contributed by atoms with Crippen LogP contribution < -0.4 is 10.5 Å². The Balaban J connectivity index is 1.79. The molecule has 2 aromatic heterocycles. The molecule has 28 heavy (non-hydrogen) atoms. The number of pyridine rings is 1. The lowest BCUT2D eigenvalue weighted by atomic mass is 9.87. The molecular weight excluding hydrogens is 364 g/mol. The predicted molar refractivity (Wildman–Crippen MR) is 100 cm³/mol. The first-order chi connectivity index (χ1) is 13.4. The van der Waals surface area contributed by atoms with Crippen molar-refractivity contribution in [1.29, 1.82) is 0 Å². The second-order valence-electron chi connectivity index (χ2n) is 7.00. The van der Waals surface area contributed by atoms with Crippen LogP contribution in [-0.2, 0) is 18.3 Å². The van der Waals surface area contributed by atoms with Crippen LogP contribution in [0.25, 0.3) is 11.4 Å². The fourth-order valence-corrected chi connectivity index (χ4v) is 3.44. The van der Waals surface area contributed by atoms with Gasteiger partial charge in [0.05, 0.1) is 35.5 Å². The molecule has 1 saturated carbocycles. The Morgan fingerprint density at radius 3 is 2.89 bits per heavy atom. The standard InChI is InChI=1S/C18H24N6O4/c1-10-15(28-12-5-3-4-11(8-12)18(25)26)7-6-13(20-10)17-14(9-16(19)22-27)24(2)23-21-17/h6-7,11-12,27H,3-5,8-9H2,1-2H3,(H2,19,22)(H,25,26)/t11-,12?/m0/s1. The van der Waals surface area contributed by atoms with Gasteiger partial charge in [0.25, 0.3) is 0 Å². The molecule has 2 atom stereocenters. The zero-order valence-corrected chi connectivity index (χ0v) is 15.9. The molecule has 10 nitrogen and oxygen atoms in total. The van der Waals surface area contributed by atoms with Crippen LogP contribution in [0.4, 0.5) is 0 Å². The number of nitrogens with two attached hydrogens (primary N) is 1. The summed E-state index contributed by atoms with van der Waals surface area (Å²) in [7, 11) is 1.72. The van der Waals surface area contributed by atoms with Crippen LogP contribution in [0, 0.1) is 12.8 Å². The summed E-state index contributed by atoms with van der Waals surface area (Å²) < 4.78 is 7.59. The second-order valence-corrected chi connectivity index (χ2v) is 7.00. The van der Waals surface area contributed by atoms with E-state index in [-0.39, 0.29) is 24.3 Å². The second kappa shape index (κ2) is 8.24. The number of nitrogens with zero attached hydrogens (tertiary/aromatic N) is 5. The number of oxime groups is 1. The fraction of sp³-hybridized carbons (Fsp3) is 0.500. The van der Waals surface area contributed by atoms with Gasteiger partial charge in [-0.3, -0.25) is 9.48 Å². The quantitative estimate of drug-likeness (QED) is 0.292. The average molecular weight is 388 g/mol. The molecule has 0 bridgehead atoms. The molecule has 1 aliphatic carbocycles. The average Bonchev–Trinajstić information content (AvgIpc) is 3.04. The molecule has 0 spiro atoms. The molecule has 2 aromatic rings. The summed E-state index contributed by atoms with van der Waals surface area (Å²) in [6.45, 7) is 1.83. The SMILES string of the molecule is Cc1nc(-c2nnn(C)c2C/C(N)=N/O)ccc1OC1CCC[C@H](C(=O)O)C1. The number of ether oxygens (including phenoxy) is 1. The van der Waals surface area contributed by atoms with Crippen molar-refractivity contribution in [3.05, 3.63) is 23.5 Å². The van der Waals surface area contributed by atoms with Crippen molar-refractivity contribution in [3.8, 4) is 17.1 Å². The normalized spacial score (nSPS) is 20.1. The predicted octanol–water partition coefficient (Wildman–Crippen LogP) is 1.50. The van der Waals surface area contributed by atoms with E-state index >= 15 is 0 Å². The van der Waals surface area contributed by atoms with Gasteiger partial charge < -0.3 is 20.8 Å². The van der Waals surface area contributed by atoms with Crippen molar-refractivity contribution in [2.24, 2.45) is 23.9 Å². The monoisotopic (exact) mass is 388 g/mol. The number of carbonyl (C=O) groups is 1. The summed E-state index contributed by atoms with van der Waals surface area (Å²) in [6, 6.07) is 3.59. The summed E-state index contributed by atoms with van der Waals surface area (Å²) in [6.07, 6.45) is 2.93. The van der Waals surface area contributed by atoms with Crippen LogP contribution in [-0.4, -0.2) is 48.2 Å². The Labute approximate surface area is 162 Å². The minimum Gasteiger partial charge on any atom is -0.489 e. The van der Waals surface area contributed by atoms with E-state index in [9.17, 15) is 9.90 Å². The highest BCUT2D eigenvalue weighted by Gasteiger charge is 2.28. The van der Waals surface area contributed by atoms with Gasteiger partial charge in [0, 0.05) is 7.05 Å². The third kappa shape index (κ3) is 4.21. The smallest absolute Gasteiger partial charge is 0.306 e. The van der Waals surface area contributed by atoms with Gasteiger partial charge in [-0.15, -0.1) is 5.10 Å². The van der Waals surface area contributed by atoms with Gasteiger partial charge >= 0.3 is 5.97 Å². The fourth-order valence-electron chi connectivity index (χ4n) is 3.44. The summed E-state index contributed by atoms with van der Waals surface area (Å²) in [5, 5.41) is 29.2.